The summed E-state index contributed by atoms with van der Waals surface area (Å²) in [6.45, 7) is 3.32. The molecule has 0 bridgehead atoms. The van der Waals surface area contributed by atoms with E-state index < -0.39 is 5.97 Å². The van der Waals surface area contributed by atoms with E-state index in [2.05, 4.69) is 21.2 Å². The molecular weight excluding hydrogens is 305 g/mol. The Morgan fingerprint density at radius 3 is 2.88 bits per heavy atom. The zero-order valence-electron chi connectivity index (χ0n) is 9.59. The number of aliphatic carboxylic acids is 1. The predicted molar refractivity (Wildman–Crippen MR) is 72.5 cm³/mol. The van der Waals surface area contributed by atoms with Crippen LogP contribution < -0.4 is 5.32 Å². The molecule has 0 unspecified atom stereocenters. The molecule has 1 aromatic carbocycles. The standard InChI is InChI=1S/C12H15BrClNO2/c1-8-5-10(13)9(6-11(8)14)7-15-4-2-3-12(16)17/h5-6,15H,2-4,7H2,1H3,(H,16,17). The fraction of sp³-hybridized carbons (Fsp3) is 0.417. The second kappa shape index (κ2) is 6.99. The molecule has 1 aromatic rings. The van der Waals surface area contributed by atoms with Gasteiger partial charge in [0.15, 0.2) is 0 Å². The molecule has 0 atom stereocenters. The molecule has 17 heavy (non-hydrogen) atoms. The number of rotatable bonds is 6. The number of nitrogens with one attached hydrogen (secondary N) is 1. The van der Waals surface area contributed by atoms with Crippen molar-refractivity contribution in [3.8, 4) is 0 Å². The molecule has 0 amide bonds. The molecule has 3 nitrogen and oxygen atoms in total. The maximum absolute atomic E-state index is 10.3. The topological polar surface area (TPSA) is 49.3 Å². The maximum Gasteiger partial charge on any atom is 0.303 e. The van der Waals surface area contributed by atoms with Crippen LogP contribution in [0, 0.1) is 6.92 Å². The van der Waals surface area contributed by atoms with Crippen LogP contribution in [0.1, 0.15) is 24.0 Å². The Bertz CT molecular complexity index is 410. The highest BCUT2D eigenvalue weighted by Crippen LogP contribution is 2.24. The fourth-order valence-corrected chi connectivity index (χ4v) is 2.19. The average molecular weight is 321 g/mol. The molecule has 0 fully saturated rings. The van der Waals surface area contributed by atoms with Crippen LogP contribution in [-0.4, -0.2) is 17.6 Å². The Morgan fingerprint density at radius 2 is 2.24 bits per heavy atom. The van der Waals surface area contributed by atoms with Crippen molar-refractivity contribution in [1.82, 2.24) is 5.32 Å². The van der Waals surface area contributed by atoms with E-state index in [1.54, 1.807) is 0 Å². The third kappa shape index (κ3) is 5.06. The lowest BCUT2D eigenvalue weighted by molar-refractivity contribution is -0.137. The van der Waals surface area contributed by atoms with Crippen molar-refractivity contribution in [3.05, 3.63) is 32.8 Å². The maximum atomic E-state index is 10.3. The van der Waals surface area contributed by atoms with Gasteiger partial charge in [-0.3, -0.25) is 4.79 Å². The van der Waals surface area contributed by atoms with Crippen molar-refractivity contribution in [2.24, 2.45) is 0 Å². The Hall–Kier alpha value is -0.580. The van der Waals surface area contributed by atoms with E-state index in [9.17, 15) is 4.79 Å². The summed E-state index contributed by atoms with van der Waals surface area (Å²) in [5.41, 5.74) is 2.11. The summed E-state index contributed by atoms with van der Waals surface area (Å²) in [5, 5.41) is 12.4. The lowest BCUT2D eigenvalue weighted by Gasteiger charge is -2.08. The van der Waals surface area contributed by atoms with Gasteiger partial charge >= 0.3 is 5.97 Å². The van der Waals surface area contributed by atoms with Crippen LogP contribution in [0.5, 0.6) is 0 Å². The SMILES string of the molecule is Cc1cc(Br)c(CNCCCC(=O)O)cc1Cl. The van der Waals surface area contributed by atoms with Crippen molar-refractivity contribution in [2.75, 3.05) is 6.54 Å². The molecule has 0 aromatic heterocycles. The van der Waals surface area contributed by atoms with Gasteiger partial charge in [0.1, 0.15) is 0 Å². The van der Waals surface area contributed by atoms with Gasteiger partial charge in [0.25, 0.3) is 0 Å². The summed E-state index contributed by atoms with van der Waals surface area (Å²) in [6.07, 6.45) is 0.829. The Morgan fingerprint density at radius 1 is 1.53 bits per heavy atom. The number of carbonyl (C=O) groups is 1. The van der Waals surface area contributed by atoms with Gasteiger partial charge in [0.2, 0.25) is 0 Å². The number of carboxylic acids is 1. The summed E-state index contributed by atoms with van der Waals surface area (Å²) in [5.74, 6) is -0.758. The normalized spacial score (nSPS) is 10.5. The number of aryl methyl sites for hydroxylation is 1. The molecule has 2 N–H and O–H groups in total. The predicted octanol–water partition coefficient (Wildman–Crippen LogP) is 3.37. The van der Waals surface area contributed by atoms with E-state index in [-0.39, 0.29) is 6.42 Å². The quantitative estimate of drug-likeness (QED) is 0.790. The second-order valence-electron chi connectivity index (χ2n) is 3.87. The van der Waals surface area contributed by atoms with Gasteiger partial charge in [-0.1, -0.05) is 27.5 Å². The summed E-state index contributed by atoms with van der Waals surface area (Å²) >= 11 is 9.52. The van der Waals surface area contributed by atoms with Gasteiger partial charge < -0.3 is 10.4 Å². The lowest BCUT2D eigenvalue weighted by Crippen LogP contribution is -2.16. The highest BCUT2D eigenvalue weighted by molar-refractivity contribution is 9.10. The molecule has 0 aliphatic heterocycles. The van der Waals surface area contributed by atoms with Crippen molar-refractivity contribution in [1.29, 1.82) is 0 Å². The number of carboxylic acid groups (broad SMARTS) is 1. The summed E-state index contributed by atoms with van der Waals surface area (Å²) in [4.78, 5) is 10.3. The minimum absolute atomic E-state index is 0.197. The van der Waals surface area contributed by atoms with E-state index in [1.165, 1.54) is 0 Å². The second-order valence-corrected chi connectivity index (χ2v) is 5.13. The first-order valence-corrected chi connectivity index (χ1v) is 6.55. The van der Waals surface area contributed by atoms with Gasteiger partial charge in [-0.05, 0) is 43.1 Å². The zero-order chi connectivity index (χ0) is 12.8. The fourth-order valence-electron chi connectivity index (χ4n) is 1.41. The molecule has 94 valence electrons. The third-order valence-electron chi connectivity index (χ3n) is 2.39. The van der Waals surface area contributed by atoms with Crippen LogP contribution in [0.15, 0.2) is 16.6 Å². The van der Waals surface area contributed by atoms with Crippen molar-refractivity contribution in [2.45, 2.75) is 26.3 Å². The van der Waals surface area contributed by atoms with E-state index in [1.807, 2.05) is 19.1 Å². The first-order chi connectivity index (χ1) is 8.00. The molecule has 0 heterocycles. The van der Waals surface area contributed by atoms with Crippen LogP contribution >= 0.6 is 27.5 Å². The zero-order valence-corrected chi connectivity index (χ0v) is 11.9. The molecule has 0 aliphatic rings. The Labute approximate surface area is 114 Å². The minimum atomic E-state index is -0.758. The Kier molecular flexibility index (Phi) is 5.95. The summed E-state index contributed by atoms with van der Waals surface area (Å²) < 4.78 is 1.02. The van der Waals surface area contributed by atoms with Gasteiger partial charge in [-0.25, -0.2) is 0 Å². The van der Waals surface area contributed by atoms with Gasteiger partial charge in [0, 0.05) is 22.5 Å². The van der Waals surface area contributed by atoms with Gasteiger partial charge in [-0.2, -0.15) is 0 Å². The summed E-state index contributed by atoms with van der Waals surface area (Å²) in [6, 6.07) is 3.90. The third-order valence-corrected chi connectivity index (χ3v) is 3.53. The van der Waals surface area contributed by atoms with Crippen molar-refractivity contribution in [3.63, 3.8) is 0 Å². The van der Waals surface area contributed by atoms with E-state index in [0.717, 1.165) is 20.6 Å². The smallest absolute Gasteiger partial charge is 0.303 e. The lowest BCUT2D eigenvalue weighted by atomic mass is 10.1. The first kappa shape index (κ1) is 14.5. The molecular formula is C12H15BrClNO2. The number of hydrogen-bond donors (Lipinski definition) is 2. The first-order valence-electron chi connectivity index (χ1n) is 5.37. The molecule has 0 saturated carbocycles. The van der Waals surface area contributed by atoms with Crippen molar-refractivity contribution >= 4 is 33.5 Å². The van der Waals surface area contributed by atoms with Gasteiger partial charge in [0.05, 0.1) is 0 Å². The Balaban J connectivity index is 2.41. The number of benzene rings is 1. The minimum Gasteiger partial charge on any atom is -0.481 e. The average Bonchev–Trinajstić information content (AvgIpc) is 2.24. The molecule has 0 radical (unpaired) electrons. The van der Waals surface area contributed by atoms with E-state index in [0.29, 0.717) is 19.5 Å². The number of hydrogen-bond acceptors (Lipinski definition) is 2. The van der Waals surface area contributed by atoms with E-state index in [4.69, 9.17) is 16.7 Å². The number of halogens is 2. The van der Waals surface area contributed by atoms with Crippen LogP contribution in [0.3, 0.4) is 0 Å². The van der Waals surface area contributed by atoms with Crippen LogP contribution in [0.2, 0.25) is 5.02 Å². The monoisotopic (exact) mass is 319 g/mol. The van der Waals surface area contributed by atoms with Crippen LogP contribution in [0.25, 0.3) is 0 Å². The summed E-state index contributed by atoms with van der Waals surface area (Å²) in [7, 11) is 0. The molecule has 0 aliphatic carbocycles. The molecule has 5 heteroatoms. The van der Waals surface area contributed by atoms with Crippen LogP contribution in [-0.2, 0) is 11.3 Å². The van der Waals surface area contributed by atoms with Crippen LogP contribution in [0.4, 0.5) is 0 Å². The van der Waals surface area contributed by atoms with Gasteiger partial charge in [-0.15, -0.1) is 0 Å². The molecule has 1 rings (SSSR count). The van der Waals surface area contributed by atoms with E-state index >= 15 is 0 Å². The highest BCUT2D eigenvalue weighted by Gasteiger charge is 2.04. The molecule has 0 spiro atoms. The molecule has 0 saturated heterocycles. The highest BCUT2D eigenvalue weighted by atomic mass is 79.9. The largest absolute Gasteiger partial charge is 0.481 e. The van der Waals surface area contributed by atoms with Crippen molar-refractivity contribution < 1.29 is 9.90 Å².